The first-order chi connectivity index (χ1) is 16.8. The Balaban J connectivity index is 1.32. The van der Waals surface area contributed by atoms with E-state index in [4.69, 9.17) is 30.5 Å². The summed E-state index contributed by atoms with van der Waals surface area (Å²) in [7, 11) is 1.33. The molecule has 8 nitrogen and oxygen atoms in total. The lowest BCUT2D eigenvalue weighted by molar-refractivity contribution is -0.366. The Morgan fingerprint density at radius 3 is 2.34 bits per heavy atom. The van der Waals surface area contributed by atoms with Crippen LogP contribution in [0.4, 0.5) is 0 Å². The molecule has 2 aromatic carbocycles. The second-order valence-corrected chi connectivity index (χ2v) is 10.3. The number of halogens is 1. The molecule has 35 heavy (non-hydrogen) atoms. The SMILES string of the molecule is COC1(c2ccc(Cl)c(Cc3ccc(OC4CC5(COC5)C4)cc3)c2)O[C@H](CO)[C@@H](O)[C@H](O)[C@H]1O. The van der Waals surface area contributed by atoms with Crippen molar-refractivity contribution in [2.45, 2.75) is 55.6 Å². The van der Waals surface area contributed by atoms with Crippen molar-refractivity contribution >= 4 is 11.6 Å². The molecule has 2 aliphatic heterocycles. The summed E-state index contributed by atoms with van der Waals surface area (Å²) < 4.78 is 22.7. The third-order valence-electron chi connectivity index (χ3n) is 7.46. The molecule has 3 fully saturated rings. The second kappa shape index (κ2) is 9.61. The van der Waals surface area contributed by atoms with E-state index in [-0.39, 0.29) is 6.10 Å². The molecule has 5 rings (SSSR count). The molecular formula is C26H31ClO8. The van der Waals surface area contributed by atoms with Crippen molar-refractivity contribution in [2.24, 2.45) is 5.41 Å². The van der Waals surface area contributed by atoms with Gasteiger partial charge in [0.25, 0.3) is 0 Å². The molecule has 2 saturated heterocycles. The first kappa shape index (κ1) is 24.9. The van der Waals surface area contributed by atoms with Gasteiger partial charge in [0.05, 0.1) is 19.8 Å². The fourth-order valence-electron chi connectivity index (χ4n) is 5.31. The van der Waals surface area contributed by atoms with Gasteiger partial charge >= 0.3 is 0 Å². The lowest BCUT2D eigenvalue weighted by Gasteiger charge is -2.52. The summed E-state index contributed by atoms with van der Waals surface area (Å²) in [6.07, 6.45) is -2.95. The van der Waals surface area contributed by atoms with Gasteiger partial charge in [0.15, 0.2) is 0 Å². The molecule has 0 radical (unpaired) electrons. The third-order valence-corrected chi connectivity index (χ3v) is 7.83. The number of hydrogen-bond donors (Lipinski definition) is 4. The summed E-state index contributed by atoms with van der Waals surface area (Å²) in [5.74, 6) is -0.956. The van der Waals surface area contributed by atoms with Crippen LogP contribution in [0.5, 0.6) is 5.75 Å². The van der Waals surface area contributed by atoms with Gasteiger partial charge in [-0.25, -0.2) is 0 Å². The Morgan fingerprint density at radius 2 is 1.74 bits per heavy atom. The second-order valence-electron chi connectivity index (χ2n) is 9.90. The monoisotopic (exact) mass is 506 g/mol. The molecule has 0 amide bonds. The molecule has 2 aromatic rings. The van der Waals surface area contributed by atoms with E-state index in [0.29, 0.717) is 22.4 Å². The molecule has 0 aromatic heterocycles. The van der Waals surface area contributed by atoms with Gasteiger partial charge in [0.2, 0.25) is 5.79 Å². The Bertz CT molecular complexity index is 1030. The van der Waals surface area contributed by atoms with E-state index in [9.17, 15) is 20.4 Å². The van der Waals surface area contributed by atoms with Crippen molar-refractivity contribution in [1.29, 1.82) is 0 Å². The van der Waals surface area contributed by atoms with Crippen molar-refractivity contribution in [3.63, 3.8) is 0 Å². The maximum absolute atomic E-state index is 10.8. The normalized spacial score (nSPS) is 32.2. The summed E-state index contributed by atoms with van der Waals surface area (Å²) in [4.78, 5) is 0. The fraction of sp³-hybridized carbons (Fsp3) is 0.538. The van der Waals surface area contributed by atoms with Crippen molar-refractivity contribution < 1.29 is 39.4 Å². The first-order valence-electron chi connectivity index (χ1n) is 11.8. The van der Waals surface area contributed by atoms with E-state index in [1.54, 1.807) is 18.2 Å². The van der Waals surface area contributed by atoms with Crippen molar-refractivity contribution in [1.82, 2.24) is 0 Å². The van der Waals surface area contributed by atoms with Crippen LogP contribution in [0.3, 0.4) is 0 Å². The van der Waals surface area contributed by atoms with Crippen LogP contribution in [0, 0.1) is 5.41 Å². The summed E-state index contributed by atoms with van der Waals surface area (Å²) >= 11 is 6.48. The topological polar surface area (TPSA) is 118 Å². The standard InChI is InChI=1S/C26H31ClO8/c1-32-26(24(31)23(30)22(29)21(12-28)35-26)17-4-7-20(27)16(9-17)8-15-2-5-18(6-3-15)34-19-10-25(11-19)13-33-14-25/h2-7,9,19,21-24,28-31H,8,10-14H2,1H3/t21-,22-,23+,24-,26?/m1/s1. The summed E-state index contributed by atoms with van der Waals surface area (Å²) in [5.41, 5.74) is 2.54. The third kappa shape index (κ3) is 4.47. The van der Waals surface area contributed by atoms with Gasteiger partial charge in [-0.05, 0) is 54.7 Å². The van der Waals surface area contributed by atoms with Crippen LogP contribution in [-0.2, 0) is 26.4 Å². The molecule has 190 valence electrons. The van der Waals surface area contributed by atoms with Crippen LogP contribution in [0.15, 0.2) is 42.5 Å². The number of ether oxygens (including phenoxy) is 4. The highest BCUT2D eigenvalue weighted by Crippen LogP contribution is 2.48. The maximum Gasteiger partial charge on any atom is 0.224 e. The van der Waals surface area contributed by atoms with Crippen LogP contribution >= 0.6 is 11.6 Å². The zero-order valence-electron chi connectivity index (χ0n) is 19.5. The summed E-state index contributed by atoms with van der Waals surface area (Å²) in [6, 6.07) is 12.9. The Hall–Kier alpha value is -1.75. The molecule has 1 aliphatic carbocycles. The quantitative estimate of drug-likeness (QED) is 0.449. The van der Waals surface area contributed by atoms with E-state index < -0.39 is 36.8 Å². The highest BCUT2D eigenvalue weighted by Gasteiger charge is 2.55. The van der Waals surface area contributed by atoms with Crippen LogP contribution in [0.2, 0.25) is 5.02 Å². The lowest BCUT2D eigenvalue weighted by atomic mass is 9.65. The minimum absolute atomic E-state index is 0.236. The predicted octanol–water partition coefficient (Wildman–Crippen LogP) is 1.76. The Morgan fingerprint density at radius 1 is 1.03 bits per heavy atom. The zero-order valence-corrected chi connectivity index (χ0v) is 20.2. The number of aliphatic hydroxyl groups is 4. The molecule has 1 saturated carbocycles. The van der Waals surface area contributed by atoms with Gasteiger partial charge in [0.1, 0.15) is 36.3 Å². The minimum atomic E-state index is -1.78. The van der Waals surface area contributed by atoms with E-state index >= 15 is 0 Å². The molecule has 0 bridgehead atoms. The Kier molecular flexibility index (Phi) is 6.84. The van der Waals surface area contributed by atoms with E-state index in [2.05, 4.69) is 0 Å². The van der Waals surface area contributed by atoms with Gasteiger partial charge in [-0.2, -0.15) is 0 Å². The summed E-state index contributed by atoms with van der Waals surface area (Å²) in [6.45, 7) is 1.14. The average molecular weight is 507 g/mol. The highest BCUT2D eigenvalue weighted by atomic mass is 35.5. The molecule has 1 unspecified atom stereocenters. The molecule has 5 atom stereocenters. The molecule has 1 spiro atoms. The largest absolute Gasteiger partial charge is 0.490 e. The van der Waals surface area contributed by atoms with Gasteiger partial charge in [0, 0.05) is 23.1 Å². The van der Waals surface area contributed by atoms with Crippen molar-refractivity contribution in [3.8, 4) is 5.75 Å². The van der Waals surface area contributed by atoms with Crippen molar-refractivity contribution in [3.05, 3.63) is 64.2 Å². The molecule has 4 N–H and O–H groups in total. The molecule has 2 heterocycles. The number of aliphatic hydroxyl groups excluding tert-OH is 4. The zero-order chi connectivity index (χ0) is 24.8. The van der Waals surface area contributed by atoms with Gasteiger partial charge in [-0.1, -0.05) is 29.8 Å². The van der Waals surface area contributed by atoms with Crippen LogP contribution in [0.1, 0.15) is 29.5 Å². The fourth-order valence-corrected chi connectivity index (χ4v) is 5.49. The highest BCUT2D eigenvalue weighted by molar-refractivity contribution is 6.31. The summed E-state index contributed by atoms with van der Waals surface area (Å²) in [5, 5.41) is 41.4. The average Bonchev–Trinajstić information content (AvgIpc) is 2.81. The predicted molar refractivity (Wildman–Crippen MR) is 126 cm³/mol. The van der Waals surface area contributed by atoms with Gasteiger partial charge < -0.3 is 39.4 Å². The van der Waals surface area contributed by atoms with E-state index in [1.807, 2.05) is 24.3 Å². The van der Waals surface area contributed by atoms with Crippen LogP contribution < -0.4 is 4.74 Å². The molecule has 3 aliphatic rings. The van der Waals surface area contributed by atoms with Gasteiger partial charge in [-0.3, -0.25) is 0 Å². The van der Waals surface area contributed by atoms with Crippen LogP contribution in [-0.4, -0.2) is 77.9 Å². The number of hydrogen-bond acceptors (Lipinski definition) is 8. The van der Waals surface area contributed by atoms with Crippen molar-refractivity contribution in [2.75, 3.05) is 26.9 Å². The Labute approximate surface area is 209 Å². The van der Waals surface area contributed by atoms with Gasteiger partial charge in [-0.15, -0.1) is 0 Å². The van der Waals surface area contributed by atoms with Crippen LogP contribution in [0.25, 0.3) is 0 Å². The smallest absolute Gasteiger partial charge is 0.224 e. The number of methoxy groups -OCH3 is 1. The number of rotatable bonds is 7. The first-order valence-corrected chi connectivity index (χ1v) is 12.2. The minimum Gasteiger partial charge on any atom is -0.490 e. The lowest BCUT2D eigenvalue weighted by Crippen LogP contribution is -2.64. The maximum atomic E-state index is 10.8. The van der Waals surface area contributed by atoms with E-state index in [0.717, 1.165) is 42.9 Å². The molecule has 9 heteroatoms. The molecular weight excluding hydrogens is 476 g/mol. The number of benzene rings is 2. The van der Waals surface area contributed by atoms with E-state index in [1.165, 1.54) is 7.11 Å².